The third-order valence-electron chi connectivity index (χ3n) is 5.87. The van der Waals surface area contributed by atoms with Gasteiger partial charge in [0.25, 0.3) is 0 Å². The Morgan fingerprint density at radius 2 is 1.76 bits per heavy atom. The average Bonchev–Trinajstić information content (AvgIpc) is 3.20. The number of likely N-dealkylation sites (tertiary alicyclic amines) is 1. The second-order valence-corrected chi connectivity index (χ2v) is 7.68. The zero-order chi connectivity index (χ0) is 20.6. The highest BCUT2D eigenvalue weighted by molar-refractivity contribution is 5.76. The third kappa shape index (κ3) is 3.96. The summed E-state index contributed by atoms with van der Waals surface area (Å²) < 4.78 is 38.4. The van der Waals surface area contributed by atoms with Crippen molar-refractivity contribution in [2.45, 2.75) is 38.0 Å². The van der Waals surface area contributed by atoms with Crippen molar-refractivity contribution in [3.63, 3.8) is 0 Å². The average molecular weight is 404 g/mol. The summed E-state index contributed by atoms with van der Waals surface area (Å²) in [5.74, 6) is 0. The molecule has 1 N–H and O–H groups in total. The van der Waals surface area contributed by atoms with Gasteiger partial charge in [0.05, 0.1) is 18.2 Å². The van der Waals surface area contributed by atoms with E-state index < -0.39 is 11.7 Å². The zero-order valence-electron chi connectivity index (χ0n) is 16.0. The lowest BCUT2D eigenvalue weighted by Gasteiger charge is -2.34. The summed E-state index contributed by atoms with van der Waals surface area (Å²) in [6.07, 6.45) is -1.88. The molecule has 29 heavy (non-hydrogen) atoms. The third-order valence-corrected chi connectivity index (χ3v) is 5.87. The largest absolute Gasteiger partial charge is 0.416 e. The molecule has 0 spiro atoms. The number of nitrogens with zero attached hydrogens (tertiary/aromatic N) is 2. The fourth-order valence-electron chi connectivity index (χ4n) is 4.21. The van der Waals surface area contributed by atoms with Gasteiger partial charge in [-0.05, 0) is 59.7 Å². The van der Waals surface area contributed by atoms with Crippen LogP contribution in [0.1, 0.15) is 29.5 Å². The zero-order valence-corrected chi connectivity index (χ0v) is 16.0. The van der Waals surface area contributed by atoms with Crippen LogP contribution < -0.4 is 0 Å². The van der Waals surface area contributed by atoms with E-state index in [9.17, 15) is 23.1 Å². The second kappa shape index (κ2) is 7.71. The van der Waals surface area contributed by atoms with Gasteiger partial charge in [-0.1, -0.05) is 24.3 Å². The van der Waals surface area contributed by atoms with Crippen LogP contribution in [0.2, 0.25) is 0 Å². The molecule has 2 aliphatic heterocycles. The molecule has 2 heterocycles. The van der Waals surface area contributed by atoms with Crippen LogP contribution in [0.15, 0.2) is 42.5 Å². The van der Waals surface area contributed by atoms with Gasteiger partial charge < -0.3 is 14.9 Å². The standard InChI is InChI=1S/C22H23F3N2O2/c23-22(24,25)19-7-5-15(6-8-19)17-4-3-16-9-11-26(13-18(16)12-17)21(29)27-10-1-2-20(27)14-28/h3-8,12,20,28H,1-2,9-11,13-14H2. The van der Waals surface area contributed by atoms with Crippen molar-refractivity contribution in [1.29, 1.82) is 0 Å². The van der Waals surface area contributed by atoms with Gasteiger partial charge in [0.15, 0.2) is 0 Å². The predicted octanol–water partition coefficient (Wildman–Crippen LogP) is 4.31. The molecule has 1 unspecified atom stereocenters. The number of fused-ring (bicyclic) bond motifs is 1. The van der Waals surface area contributed by atoms with Gasteiger partial charge in [0, 0.05) is 19.6 Å². The van der Waals surface area contributed by atoms with Gasteiger partial charge >= 0.3 is 12.2 Å². The lowest BCUT2D eigenvalue weighted by Crippen LogP contribution is -2.48. The minimum Gasteiger partial charge on any atom is -0.394 e. The van der Waals surface area contributed by atoms with Crippen LogP contribution in [0.4, 0.5) is 18.0 Å². The SMILES string of the molecule is O=C(N1CCc2ccc(-c3ccc(C(F)(F)F)cc3)cc2C1)N1CCCC1CO. The number of halogens is 3. The maximum absolute atomic E-state index is 12.9. The van der Waals surface area contributed by atoms with E-state index in [1.165, 1.54) is 12.1 Å². The van der Waals surface area contributed by atoms with Crippen LogP contribution in [0.25, 0.3) is 11.1 Å². The number of alkyl halides is 3. The topological polar surface area (TPSA) is 43.8 Å². The summed E-state index contributed by atoms with van der Waals surface area (Å²) in [6.45, 7) is 1.74. The number of rotatable bonds is 2. The number of hydrogen-bond donors (Lipinski definition) is 1. The fraction of sp³-hybridized carbons (Fsp3) is 0.409. The number of benzene rings is 2. The molecule has 0 aromatic heterocycles. The van der Waals surface area contributed by atoms with Gasteiger partial charge in [-0.25, -0.2) is 4.79 Å². The molecular weight excluding hydrogens is 381 g/mol. The number of carbonyl (C=O) groups is 1. The highest BCUT2D eigenvalue weighted by atomic mass is 19.4. The molecule has 0 aliphatic carbocycles. The van der Waals surface area contributed by atoms with Crippen molar-refractivity contribution in [3.05, 3.63) is 59.2 Å². The van der Waals surface area contributed by atoms with Gasteiger partial charge in [-0.15, -0.1) is 0 Å². The Hall–Kier alpha value is -2.54. The van der Waals surface area contributed by atoms with Crippen LogP contribution in [-0.4, -0.2) is 46.7 Å². The molecule has 2 aromatic carbocycles. The summed E-state index contributed by atoms with van der Waals surface area (Å²) in [6, 6.07) is 10.9. The quantitative estimate of drug-likeness (QED) is 0.811. The molecular formula is C22H23F3N2O2. The van der Waals surface area contributed by atoms with E-state index in [0.29, 0.717) is 25.2 Å². The molecule has 1 saturated heterocycles. The van der Waals surface area contributed by atoms with Crippen molar-refractivity contribution < 1.29 is 23.1 Å². The van der Waals surface area contributed by atoms with Gasteiger partial charge in [0.1, 0.15) is 0 Å². The Morgan fingerprint density at radius 1 is 1.03 bits per heavy atom. The van der Waals surface area contributed by atoms with E-state index in [4.69, 9.17) is 0 Å². The summed E-state index contributed by atoms with van der Waals surface area (Å²) >= 11 is 0. The van der Waals surface area contributed by atoms with Crippen LogP contribution in [-0.2, 0) is 19.1 Å². The van der Waals surface area contributed by atoms with Crippen LogP contribution in [0.3, 0.4) is 0 Å². The molecule has 4 rings (SSSR count). The number of carbonyl (C=O) groups excluding carboxylic acids is 1. The monoisotopic (exact) mass is 404 g/mol. The van der Waals surface area contributed by atoms with Crippen molar-refractivity contribution >= 4 is 6.03 Å². The lowest BCUT2D eigenvalue weighted by atomic mass is 9.94. The highest BCUT2D eigenvalue weighted by Crippen LogP contribution is 2.32. The van der Waals surface area contributed by atoms with Crippen LogP contribution in [0.5, 0.6) is 0 Å². The fourth-order valence-corrected chi connectivity index (χ4v) is 4.21. The number of urea groups is 1. The van der Waals surface area contributed by atoms with Gasteiger partial charge in [-0.2, -0.15) is 13.2 Å². The van der Waals surface area contributed by atoms with Crippen LogP contribution >= 0.6 is 0 Å². The van der Waals surface area contributed by atoms with Crippen molar-refractivity contribution in [3.8, 4) is 11.1 Å². The van der Waals surface area contributed by atoms with E-state index in [1.54, 1.807) is 9.80 Å². The maximum atomic E-state index is 12.9. The summed E-state index contributed by atoms with van der Waals surface area (Å²) in [5, 5.41) is 9.49. The Kier molecular flexibility index (Phi) is 5.25. The molecule has 1 atom stereocenters. The predicted molar refractivity (Wildman–Crippen MR) is 103 cm³/mol. The first-order valence-corrected chi connectivity index (χ1v) is 9.82. The number of amides is 2. The Morgan fingerprint density at radius 3 is 2.45 bits per heavy atom. The normalized spacial score (nSPS) is 19.4. The minimum atomic E-state index is -4.35. The first-order chi connectivity index (χ1) is 13.9. The molecule has 0 radical (unpaired) electrons. The summed E-state index contributed by atoms with van der Waals surface area (Å²) in [4.78, 5) is 16.5. The van der Waals surface area contributed by atoms with Crippen molar-refractivity contribution in [2.75, 3.05) is 19.7 Å². The molecule has 2 aliphatic rings. The molecule has 4 nitrogen and oxygen atoms in total. The molecule has 0 saturated carbocycles. The molecule has 2 aromatic rings. The Bertz CT molecular complexity index is 896. The summed E-state index contributed by atoms with van der Waals surface area (Å²) in [7, 11) is 0. The van der Waals surface area contributed by atoms with E-state index in [1.807, 2.05) is 18.2 Å². The summed E-state index contributed by atoms with van der Waals surface area (Å²) in [5.41, 5.74) is 3.05. The van der Waals surface area contributed by atoms with Crippen molar-refractivity contribution in [1.82, 2.24) is 9.80 Å². The van der Waals surface area contributed by atoms with E-state index in [-0.39, 0.29) is 18.7 Å². The number of aliphatic hydroxyl groups excluding tert-OH is 1. The first kappa shape index (κ1) is 19.8. The molecule has 1 fully saturated rings. The smallest absolute Gasteiger partial charge is 0.394 e. The van der Waals surface area contributed by atoms with E-state index in [0.717, 1.165) is 48.1 Å². The Labute approximate surface area is 167 Å². The lowest BCUT2D eigenvalue weighted by molar-refractivity contribution is -0.137. The van der Waals surface area contributed by atoms with Gasteiger partial charge in [-0.3, -0.25) is 0 Å². The van der Waals surface area contributed by atoms with E-state index >= 15 is 0 Å². The Balaban J connectivity index is 1.53. The second-order valence-electron chi connectivity index (χ2n) is 7.68. The molecule has 154 valence electrons. The number of aliphatic hydroxyl groups is 1. The van der Waals surface area contributed by atoms with Gasteiger partial charge in [0.2, 0.25) is 0 Å². The first-order valence-electron chi connectivity index (χ1n) is 9.82. The molecule has 7 heteroatoms. The number of hydrogen-bond acceptors (Lipinski definition) is 2. The van der Waals surface area contributed by atoms with E-state index in [2.05, 4.69) is 0 Å². The molecule has 0 bridgehead atoms. The minimum absolute atomic E-state index is 0.0196. The van der Waals surface area contributed by atoms with Crippen LogP contribution in [0, 0.1) is 0 Å². The maximum Gasteiger partial charge on any atom is 0.416 e. The molecule has 2 amide bonds. The van der Waals surface area contributed by atoms with Crippen molar-refractivity contribution in [2.24, 2.45) is 0 Å². The highest BCUT2D eigenvalue weighted by Gasteiger charge is 2.33.